The molecular formula is C18H24N2O7S. The summed E-state index contributed by atoms with van der Waals surface area (Å²) < 4.78 is 34.2. The lowest BCUT2D eigenvalue weighted by Crippen LogP contribution is -2.48. The smallest absolute Gasteiger partial charge is 0.314 e. The number of hydrogen-bond donors (Lipinski definition) is 0. The Balaban J connectivity index is 1.75. The van der Waals surface area contributed by atoms with E-state index < -0.39 is 14.8 Å². The van der Waals surface area contributed by atoms with Crippen molar-refractivity contribution in [2.75, 3.05) is 25.2 Å². The SMILES string of the molecule is COc1ccc(OCC(=O)N(C2CCCC2)[C@H]2CCS(=O)(=O)C2)c([N+](=O)[O-])c1. The number of amides is 1. The van der Waals surface area contributed by atoms with Crippen LogP contribution in [0.2, 0.25) is 0 Å². The lowest BCUT2D eigenvalue weighted by molar-refractivity contribution is -0.385. The van der Waals surface area contributed by atoms with Crippen molar-refractivity contribution in [1.29, 1.82) is 0 Å². The molecule has 0 aromatic heterocycles. The van der Waals surface area contributed by atoms with E-state index in [2.05, 4.69) is 0 Å². The van der Waals surface area contributed by atoms with Crippen LogP contribution in [0.4, 0.5) is 5.69 Å². The van der Waals surface area contributed by atoms with Crippen molar-refractivity contribution < 1.29 is 27.6 Å². The van der Waals surface area contributed by atoms with Gasteiger partial charge in [0.1, 0.15) is 5.75 Å². The molecule has 1 aromatic carbocycles. The van der Waals surface area contributed by atoms with Crippen molar-refractivity contribution in [2.24, 2.45) is 0 Å². The number of nitro groups is 1. The minimum Gasteiger partial charge on any atom is -0.496 e. The number of benzene rings is 1. The largest absolute Gasteiger partial charge is 0.496 e. The van der Waals surface area contributed by atoms with Gasteiger partial charge in [0.15, 0.2) is 22.2 Å². The zero-order valence-electron chi connectivity index (χ0n) is 15.7. The molecule has 1 saturated heterocycles. The molecule has 3 rings (SSSR count). The second-order valence-corrected chi connectivity index (χ2v) is 9.40. The van der Waals surface area contributed by atoms with Crippen LogP contribution in [0.3, 0.4) is 0 Å². The zero-order chi connectivity index (χ0) is 20.3. The molecular weight excluding hydrogens is 388 g/mol. The molecule has 0 bridgehead atoms. The van der Waals surface area contributed by atoms with E-state index in [4.69, 9.17) is 9.47 Å². The second-order valence-electron chi connectivity index (χ2n) is 7.18. The molecule has 1 atom stereocenters. The van der Waals surface area contributed by atoms with E-state index in [1.807, 2.05) is 0 Å². The van der Waals surface area contributed by atoms with Crippen molar-refractivity contribution in [3.63, 3.8) is 0 Å². The van der Waals surface area contributed by atoms with Gasteiger partial charge in [-0.2, -0.15) is 0 Å². The number of rotatable bonds is 7. The minimum atomic E-state index is -3.13. The molecule has 0 spiro atoms. The first-order valence-corrected chi connectivity index (χ1v) is 11.1. The van der Waals surface area contributed by atoms with Crippen LogP contribution >= 0.6 is 0 Å². The van der Waals surface area contributed by atoms with Gasteiger partial charge in [-0.3, -0.25) is 14.9 Å². The quantitative estimate of drug-likeness (QED) is 0.496. The number of carbonyl (C=O) groups excluding carboxylic acids is 1. The molecule has 1 saturated carbocycles. The van der Waals surface area contributed by atoms with Crippen LogP contribution in [0, 0.1) is 10.1 Å². The Labute approximate surface area is 163 Å². The van der Waals surface area contributed by atoms with Crippen molar-refractivity contribution in [3.05, 3.63) is 28.3 Å². The van der Waals surface area contributed by atoms with E-state index in [0.29, 0.717) is 12.2 Å². The Hall–Kier alpha value is -2.36. The van der Waals surface area contributed by atoms with Crippen molar-refractivity contribution >= 4 is 21.4 Å². The van der Waals surface area contributed by atoms with Crippen LogP contribution in [0.1, 0.15) is 32.1 Å². The molecule has 0 N–H and O–H groups in total. The fraction of sp³-hybridized carbons (Fsp3) is 0.611. The van der Waals surface area contributed by atoms with E-state index in [1.54, 1.807) is 4.90 Å². The molecule has 1 heterocycles. The summed E-state index contributed by atoms with van der Waals surface area (Å²) in [5, 5.41) is 11.3. The van der Waals surface area contributed by atoms with Crippen LogP contribution in [0.25, 0.3) is 0 Å². The first kappa shape index (κ1) is 20.4. The summed E-state index contributed by atoms with van der Waals surface area (Å²) in [4.78, 5) is 25.2. The number of sulfone groups is 1. The average Bonchev–Trinajstić information content (AvgIpc) is 3.30. The Bertz CT molecular complexity index is 849. The Morgan fingerprint density at radius 3 is 2.54 bits per heavy atom. The lowest BCUT2D eigenvalue weighted by Gasteiger charge is -2.34. The molecule has 2 fully saturated rings. The van der Waals surface area contributed by atoms with Gasteiger partial charge in [-0.05, 0) is 31.4 Å². The van der Waals surface area contributed by atoms with Gasteiger partial charge in [-0.15, -0.1) is 0 Å². The van der Waals surface area contributed by atoms with Gasteiger partial charge in [-0.1, -0.05) is 12.8 Å². The van der Waals surface area contributed by atoms with Crippen LogP contribution in [0.5, 0.6) is 11.5 Å². The van der Waals surface area contributed by atoms with Crippen molar-refractivity contribution in [2.45, 2.75) is 44.2 Å². The standard InChI is InChI=1S/C18H24N2O7S/c1-26-15-6-7-17(16(10-15)20(22)23)27-11-18(21)19(13-4-2-3-5-13)14-8-9-28(24,25)12-14/h6-7,10,13-14H,2-5,8-9,11-12H2,1H3/t14-/m0/s1. The zero-order valence-corrected chi connectivity index (χ0v) is 16.5. The highest BCUT2D eigenvalue weighted by Gasteiger charge is 2.39. The van der Waals surface area contributed by atoms with Gasteiger partial charge in [0.05, 0.1) is 29.6 Å². The van der Waals surface area contributed by atoms with Crippen LogP contribution in [-0.4, -0.2) is 61.5 Å². The van der Waals surface area contributed by atoms with Crippen LogP contribution in [-0.2, 0) is 14.6 Å². The van der Waals surface area contributed by atoms with E-state index in [9.17, 15) is 23.3 Å². The maximum atomic E-state index is 12.9. The molecule has 0 radical (unpaired) electrons. The summed E-state index contributed by atoms with van der Waals surface area (Å²) in [5.41, 5.74) is -0.289. The number of carbonyl (C=O) groups is 1. The topological polar surface area (TPSA) is 116 Å². The number of methoxy groups -OCH3 is 1. The van der Waals surface area contributed by atoms with Gasteiger partial charge in [0.25, 0.3) is 5.91 Å². The molecule has 154 valence electrons. The van der Waals surface area contributed by atoms with E-state index in [0.717, 1.165) is 25.7 Å². The number of nitrogens with zero attached hydrogens (tertiary/aromatic N) is 2. The highest BCUT2D eigenvalue weighted by Crippen LogP contribution is 2.32. The van der Waals surface area contributed by atoms with Gasteiger partial charge in [0, 0.05) is 12.1 Å². The fourth-order valence-corrected chi connectivity index (χ4v) is 5.70. The number of ether oxygens (including phenoxy) is 2. The van der Waals surface area contributed by atoms with Gasteiger partial charge in [0.2, 0.25) is 0 Å². The highest BCUT2D eigenvalue weighted by molar-refractivity contribution is 7.91. The van der Waals surface area contributed by atoms with E-state index in [-0.39, 0.29) is 47.5 Å². The molecule has 1 aliphatic carbocycles. The Morgan fingerprint density at radius 2 is 1.96 bits per heavy atom. The predicted molar refractivity (Wildman–Crippen MR) is 101 cm³/mol. The lowest BCUT2D eigenvalue weighted by atomic mass is 10.1. The molecule has 1 aliphatic heterocycles. The summed E-state index contributed by atoms with van der Waals surface area (Å²) in [5.74, 6) is 0.00878. The van der Waals surface area contributed by atoms with Crippen molar-refractivity contribution in [1.82, 2.24) is 4.90 Å². The Morgan fingerprint density at radius 1 is 1.25 bits per heavy atom. The predicted octanol–water partition coefficient (Wildman–Crippen LogP) is 1.94. The van der Waals surface area contributed by atoms with E-state index in [1.165, 1.54) is 25.3 Å². The molecule has 0 unspecified atom stereocenters. The third kappa shape index (κ3) is 4.54. The van der Waals surface area contributed by atoms with Gasteiger partial charge < -0.3 is 14.4 Å². The first-order valence-electron chi connectivity index (χ1n) is 9.27. The highest BCUT2D eigenvalue weighted by atomic mass is 32.2. The maximum absolute atomic E-state index is 12.9. The molecule has 10 heteroatoms. The van der Waals surface area contributed by atoms with Crippen LogP contribution in [0.15, 0.2) is 18.2 Å². The molecule has 28 heavy (non-hydrogen) atoms. The summed E-state index contributed by atoms with van der Waals surface area (Å²) in [6.45, 7) is -0.375. The third-order valence-corrected chi connectivity index (χ3v) is 7.07. The van der Waals surface area contributed by atoms with Crippen molar-refractivity contribution in [3.8, 4) is 11.5 Å². The summed E-state index contributed by atoms with van der Waals surface area (Å²) >= 11 is 0. The molecule has 1 amide bonds. The van der Waals surface area contributed by atoms with Gasteiger partial charge in [-0.25, -0.2) is 8.42 Å². The van der Waals surface area contributed by atoms with E-state index >= 15 is 0 Å². The third-order valence-electron chi connectivity index (χ3n) is 5.32. The molecule has 2 aliphatic rings. The number of hydrogen-bond acceptors (Lipinski definition) is 7. The molecule has 1 aromatic rings. The minimum absolute atomic E-state index is 0.000234. The normalized spacial score (nSPS) is 21.4. The average molecular weight is 412 g/mol. The second kappa shape index (κ2) is 8.34. The monoisotopic (exact) mass is 412 g/mol. The fourth-order valence-electron chi connectivity index (χ4n) is 3.99. The number of nitro benzene ring substituents is 1. The Kier molecular flexibility index (Phi) is 6.07. The summed E-state index contributed by atoms with van der Waals surface area (Å²) in [6.07, 6.45) is 4.10. The molecule has 9 nitrogen and oxygen atoms in total. The summed E-state index contributed by atoms with van der Waals surface area (Å²) in [6, 6.07) is 3.79. The van der Waals surface area contributed by atoms with Gasteiger partial charge >= 0.3 is 5.69 Å². The summed E-state index contributed by atoms with van der Waals surface area (Å²) in [7, 11) is -1.73. The van der Waals surface area contributed by atoms with Crippen LogP contribution < -0.4 is 9.47 Å². The maximum Gasteiger partial charge on any atom is 0.314 e. The first-order chi connectivity index (χ1) is 13.3.